The first-order chi connectivity index (χ1) is 6.61. The highest BCUT2D eigenvalue weighted by Gasteiger charge is 2.15. The topological polar surface area (TPSA) is 53.2 Å². The van der Waals surface area contributed by atoms with Crippen molar-refractivity contribution in [2.75, 3.05) is 0 Å². The second kappa shape index (κ2) is 4.21. The Kier molecular flexibility index (Phi) is 3.21. The molecule has 0 fully saturated rings. The molecule has 1 aromatic carbocycles. The Morgan fingerprint density at radius 2 is 2.07 bits per heavy atom. The SMILES string of the molecule is N#Cc1c(F)c(Cl)cc(Cl)c1N=C=O. The zero-order chi connectivity index (χ0) is 10.7. The largest absolute Gasteiger partial charge is 0.240 e. The molecular weight excluding hydrogens is 230 g/mol. The van der Waals surface area contributed by atoms with Gasteiger partial charge >= 0.3 is 0 Å². The van der Waals surface area contributed by atoms with Crippen molar-refractivity contribution < 1.29 is 9.18 Å². The third-order valence-electron chi connectivity index (χ3n) is 1.41. The molecule has 0 saturated heterocycles. The molecule has 0 aliphatic carbocycles. The number of nitriles is 1. The number of nitrogens with zero attached hydrogens (tertiary/aromatic N) is 2. The maximum absolute atomic E-state index is 13.2. The lowest BCUT2D eigenvalue weighted by molar-refractivity contribution is 0.565. The summed E-state index contributed by atoms with van der Waals surface area (Å²) in [6.07, 6.45) is 1.18. The van der Waals surface area contributed by atoms with E-state index >= 15 is 0 Å². The zero-order valence-corrected chi connectivity index (χ0v) is 8.03. The third-order valence-corrected chi connectivity index (χ3v) is 1.98. The minimum atomic E-state index is -0.951. The van der Waals surface area contributed by atoms with Crippen LogP contribution >= 0.6 is 23.2 Å². The average molecular weight is 231 g/mol. The Hall–Kier alpha value is -1.40. The highest BCUT2D eigenvalue weighted by atomic mass is 35.5. The van der Waals surface area contributed by atoms with Crippen LogP contribution in [0.1, 0.15) is 5.56 Å². The summed E-state index contributed by atoms with van der Waals surface area (Å²) >= 11 is 11.0. The minimum absolute atomic E-state index is 0.0729. The molecule has 0 amide bonds. The number of aliphatic imine (C=N–C) groups is 1. The van der Waals surface area contributed by atoms with Crippen molar-refractivity contribution in [2.24, 2.45) is 4.99 Å². The van der Waals surface area contributed by atoms with Gasteiger partial charge in [0, 0.05) is 0 Å². The van der Waals surface area contributed by atoms with Crippen LogP contribution in [0.5, 0.6) is 0 Å². The molecule has 0 saturated carbocycles. The summed E-state index contributed by atoms with van der Waals surface area (Å²) in [6.45, 7) is 0. The van der Waals surface area contributed by atoms with Gasteiger partial charge in [-0.1, -0.05) is 23.2 Å². The first-order valence-electron chi connectivity index (χ1n) is 3.27. The van der Waals surface area contributed by atoms with Crippen LogP contribution in [0.4, 0.5) is 10.1 Å². The molecule has 0 aliphatic rings. The molecule has 0 aromatic heterocycles. The summed E-state index contributed by atoms with van der Waals surface area (Å²) in [5.41, 5.74) is -0.725. The molecule has 1 rings (SSSR count). The zero-order valence-electron chi connectivity index (χ0n) is 6.51. The molecule has 6 heteroatoms. The first-order valence-corrected chi connectivity index (χ1v) is 4.03. The number of halogens is 3. The highest BCUT2D eigenvalue weighted by molar-refractivity contribution is 6.36. The van der Waals surface area contributed by atoms with Crippen LogP contribution < -0.4 is 0 Å². The van der Waals surface area contributed by atoms with Crippen molar-refractivity contribution in [1.82, 2.24) is 0 Å². The monoisotopic (exact) mass is 230 g/mol. The van der Waals surface area contributed by atoms with Crippen molar-refractivity contribution in [3.63, 3.8) is 0 Å². The van der Waals surface area contributed by atoms with E-state index in [9.17, 15) is 9.18 Å². The van der Waals surface area contributed by atoms with E-state index in [0.717, 1.165) is 6.07 Å². The van der Waals surface area contributed by atoms with E-state index in [0.29, 0.717) is 0 Å². The van der Waals surface area contributed by atoms with E-state index in [1.807, 2.05) is 0 Å². The molecule has 0 bridgehead atoms. The molecule has 0 spiro atoms. The molecule has 3 nitrogen and oxygen atoms in total. The number of isocyanates is 1. The molecular formula is C8HCl2FN2O. The van der Waals surface area contributed by atoms with Crippen molar-refractivity contribution in [2.45, 2.75) is 0 Å². The summed E-state index contributed by atoms with van der Waals surface area (Å²) in [7, 11) is 0. The number of rotatable bonds is 1. The molecule has 0 aliphatic heterocycles. The molecule has 0 unspecified atom stereocenters. The molecule has 14 heavy (non-hydrogen) atoms. The molecule has 70 valence electrons. The summed E-state index contributed by atoms with van der Waals surface area (Å²) < 4.78 is 13.2. The van der Waals surface area contributed by atoms with E-state index in [4.69, 9.17) is 28.5 Å². The number of carbonyl (C=O) groups excluding carboxylic acids is 1. The maximum atomic E-state index is 13.2. The molecule has 0 heterocycles. The van der Waals surface area contributed by atoms with Crippen molar-refractivity contribution in [3.05, 3.63) is 27.5 Å². The van der Waals surface area contributed by atoms with E-state index < -0.39 is 11.4 Å². The summed E-state index contributed by atoms with van der Waals surface area (Å²) in [5, 5.41) is 8.21. The van der Waals surface area contributed by atoms with E-state index in [1.165, 1.54) is 12.1 Å². The Labute approximate surface area is 88.4 Å². The van der Waals surface area contributed by atoms with Gasteiger partial charge in [0.1, 0.15) is 17.3 Å². The fourth-order valence-corrected chi connectivity index (χ4v) is 1.35. The number of hydrogen-bond acceptors (Lipinski definition) is 3. The predicted octanol–water partition coefficient (Wildman–Crippen LogP) is 2.97. The van der Waals surface area contributed by atoms with E-state index in [-0.39, 0.29) is 15.7 Å². The summed E-state index contributed by atoms with van der Waals surface area (Å²) in [5.74, 6) is -0.951. The molecule has 1 aromatic rings. The lowest BCUT2D eigenvalue weighted by atomic mass is 10.2. The Morgan fingerprint density at radius 3 is 2.57 bits per heavy atom. The Bertz CT molecular complexity index is 475. The Balaban J connectivity index is 3.65. The van der Waals surface area contributed by atoms with Gasteiger partial charge in [0.05, 0.1) is 10.0 Å². The van der Waals surface area contributed by atoms with E-state index in [1.54, 1.807) is 0 Å². The Morgan fingerprint density at radius 1 is 1.43 bits per heavy atom. The quantitative estimate of drug-likeness (QED) is 0.423. The van der Waals surface area contributed by atoms with Crippen LogP contribution in [0, 0.1) is 17.1 Å². The molecule has 0 atom stereocenters. The summed E-state index contributed by atoms with van der Waals surface area (Å²) in [4.78, 5) is 13.1. The number of benzene rings is 1. The van der Waals surface area contributed by atoms with Gasteiger partial charge in [-0.3, -0.25) is 0 Å². The van der Waals surface area contributed by atoms with Gasteiger partial charge in [0.2, 0.25) is 6.08 Å². The summed E-state index contributed by atoms with van der Waals surface area (Å²) in [6, 6.07) is 2.58. The van der Waals surface area contributed by atoms with Crippen LogP contribution in [-0.4, -0.2) is 6.08 Å². The van der Waals surface area contributed by atoms with Crippen molar-refractivity contribution in [3.8, 4) is 6.07 Å². The van der Waals surface area contributed by atoms with Crippen molar-refractivity contribution >= 4 is 35.0 Å². The average Bonchev–Trinajstić information content (AvgIpc) is 2.15. The van der Waals surface area contributed by atoms with Crippen molar-refractivity contribution in [1.29, 1.82) is 5.26 Å². The normalized spacial score (nSPS) is 9.00. The van der Waals surface area contributed by atoms with E-state index in [2.05, 4.69) is 4.99 Å². The van der Waals surface area contributed by atoms with Crippen LogP contribution in [0.2, 0.25) is 10.0 Å². The minimum Gasteiger partial charge on any atom is -0.211 e. The predicted molar refractivity (Wildman–Crippen MR) is 48.9 cm³/mol. The van der Waals surface area contributed by atoms with Gasteiger partial charge in [0.25, 0.3) is 0 Å². The second-order valence-electron chi connectivity index (χ2n) is 2.19. The third kappa shape index (κ3) is 1.75. The number of hydrogen-bond donors (Lipinski definition) is 0. The molecule has 0 radical (unpaired) electrons. The van der Waals surface area contributed by atoms with Crippen LogP contribution in [0.25, 0.3) is 0 Å². The first kappa shape index (κ1) is 10.7. The van der Waals surface area contributed by atoms with Crippen LogP contribution in [0.3, 0.4) is 0 Å². The smallest absolute Gasteiger partial charge is 0.211 e. The van der Waals surface area contributed by atoms with Crippen LogP contribution in [0.15, 0.2) is 11.1 Å². The second-order valence-corrected chi connectivity index (χ2v) is 3.01. The fraction of sp³-hybridized carbons (Fsp3) is 0. The molecule has 0 N–H and O–H groups in total. The van der Waals surface area contributed by atoms with Crippen LogP contribution in [-0.2, 0) is 4.79 Å². The van der Waals surface area contributed by atoms with Gasteiger partial charge in [-0.2, -0.15) is 10.3 Å². The van der Waals surface area contributed by atoms with Gasteiger partial charge in [-0.15, -0.1) is 0 Å². The van der Waals surface area contributed by atoms with Gasteiger partial charge < -0.3 is 0 Å². The standard InChI is InChI=1S/C8HCl2FN2O/c9-5-1-6(10)8(13-3-14)4(2-12)7(5)11/h1H. The lowest BCUT2D eigenvalue weighted by Gasteiger charge is -2.01. The maximum Gasteiger partial charge on any atom is 0.240 e. The van der Waals surface area contributed by atoms with Gasteiger partial charge in [0.15, 0.2) is 5.82 Å². The van der Waals surface area contributed by atoms with Gasteiger partial charge in [-0.25, -0.2) is 9.18 Å². The fourth-order valence-electron chi connectivity index (χ4n) is 0.843. The van der Waals surface area contributed by atoms with Gasteiger partial charge in [-0.05, 0) is 6.07 Å². The highest BCUT2D eigenvalue weighted by Crippen LogP contribution is 2.34. The lowest BCUT2D eigenvalue weighted by Crippen LogP contribution is -1.87.